The first-order chi connectivity index (χ1) is 10.0. The summed E-state index contributed by atoms with van der Waals surface area (Å²) in [4.78, 5) is 12.0. The molecule has 0 aromatic heterocycles. The molecule has 108 valence electrons. The van der Waals surface area contributed by atoms with Gasteiger partial charge in [-0.2, -0.15) is 0 Å². The van der Waals surface area contributed by atoms with Crippen LogP contribution in [-0.2, 0) is 0 Å². The molecule has 2 rings (SSSR count). The Hall–Kier alpha value is -2.69. The van der Waals surface area contributed by atoms with Crippen LogP contribution in [0.1, 0.15) is 15.9 Å². The van der Waals surface area contributed by atoms with Crippen LogP contribution in [0.5, 0.6) is 11.5 Å². The number of ether oxygens (including phenoxy) is 1. The predicted molar refractivity (Wildman–Crippen MR) is 74.4 cm³/mol. The molecule has 0 saturated carbocycles. The lowest BCUT2D eigenvalue weighted by atomic mass is 10.1. The molecule has 5 heteroatoms. The maximum absolute atomic E-state index is 13.4. The number of phenolic OH excluding ortho intramolecular Hbond substituents is 1. The Balaban J connectivity index is 2.27. The third kappa shape index (κ3) is 3.25. The number of carbonyl (C=O) groups excluding carboxylic acids is 1. The number of rotatable bonds is 4. The predicted octanol–water partition coefficient (Wildman–Crippen LogP) is 3.58. The molecule has 0 radical (unpaired) electrons. The van der Waals surface area contributed by atoms with E-state index in [0.717, 1.165) is 24.3 Å². The van der Waals surface area contributed by atoms with E-state index in [1.54, 1.807) is 0 Å². The second kappa shape index (κ2) is 6.17. The number of benzene rings is 2. The maximum Gasteiger partial charge on any atom is 0.185 e. The van der Waals surface area contributed by atoms with Crippen molar-refractivity contribution in [1.82, 2.24) is 0 Å². The molecule has 0 aliphatic carbocycles. The molecular weight excluding hydrogens is 278 g/mol. The van der Waals surface area contributed by atoms with Gasteiger partial charge in [-0.25, -0.2) is 8.78 Å². The Labute approximate surface area is 120 Å². The van der Waals surface area contributed by atoms with Gasteiger partial charge in [0.2, 0.25) is 0 Å². The molecule has 3 nitrogen and oxygen atoms in total. The van der Waals surface area contributed by atoms with Crippen molar-refractivity contribution < 1.29 is 23.4 Å². The fourth-order valence-corrected chi connectivity index (χ4v) is 1.76. The quantitative estimate of drug-likeness (QED) is 0.691. The monoisotopic (exact) mass is 290 g/mol. The highest BCUT2D eigenvalue weighted by molar-refractivity contribution is 6.07. The molecule has 0 saturated heterocycles. The van der Waals surface area contributed by atoms with Crippen LogP contribution in [0.2, 0.25) is 0 Å². The molecule has 0 bridgehead atoms. The van der Waals surface area contributed by atoms with Crippen molar-refractivity contribution >= 4 is 11.9 Å². The molecule has 0 aliphatic heterocycles. The molecule has 1 N–H and O–H groups in total. The van der Waals surface area contributed by atoms with Crippen molar-refractivity contribution in [3.63, 3.8) is 0 Å². The third-order valence-electron chi connectivity index (χ3n) is 2.87. The van der Waals surface area contributed by atoms with Crippen LogP contribution in [0.15, 0.2) is 42.5 Å². The van der Waals surface area contributed by atoms with E-state index < -0.39 is 17.4 Å². The Morgan fingerprint density at radius 2 is 1.86 bits per heavy atom. The highest BCUT2D eigenvalue weighted by Gasteiger charge is 2.09. The number of allylic oxidation sites excluding steroid dienone is 1. The summed E-state index contributed by atoms with van der Waals surface area (Å²) in [5.41, 5.74) is -0.0470. The van der Waals surface area contributed by atoms with E-state index in [0.29, 0.717) is 0 Å². The molecule has 0 unspecified atom stereocenters. The molecule has 2 aromatic rings. The van der Waals surface area contributed by atoms with Gasteiger partial charge in [0, 0.05) is 11.1 Å². The van der Waals surface area contributed by atoms with Crippen molar-refractivity contribution in [2.24, 2.45) is 0 Å². The van der Waals surface area contributed by atoms with E-state index in [1.165, 1.54) is 31.4 Å². The molecule has 0 fully saturated rings. The molecule has 21 heavy (non-hydrogen) atoms. The Morgan fingerprint density at radius 3 is 2.48 bits per heavy atom. The number of carbonyl (C=O) groups is 1. The van der Waals surface area contributed by atoms with Gasteiger partial charge in [0.05, 0.1) is 7.11 Å². The van der Waals surface area contributed by atoms with Crippen LogP contribution in [0.3, 0.4) is 0 Å². The molecule has 0 heterocycles. The maximum atomic E-state index is 13.4. The zero-order valence-electron chi connectivity index (χ0n) is 11.1. The van der Waals surface area contributed by atoms with Gasteiger partial charge in [0.1, 0.15) is 11.6 Å². The topological polar surface area (TPSA) is 46.5 Å². The highest BCUT2D eigenvalue weighted by atomic mass is 19.1. The van der Waals surface area contributed by atoms with Gasteiger partial charge in [-0.05, 0) is 42.5 Å². The van der Waals surface area contributed by atoms with E-state index in [-0.39, 0.29) is 22.6 Å². The smallest absolute Gasteiger partial charge is 0.185 e. The highest BCUT2D eigenvalue weighted by Crippen LogP contribution is 2.26. The largest absolute Gasteiger partial charge is 0.504 e. The van der Waals surface area contributed by atoms with Gasteiger partial charge in [0.25, 0.3) is 0 Å². The van der Waals surface area contributed by atoms with Gasteiger partial charge in [-0.1, -0.05) is 6.07 Å². The lowest BCUT2D eigenvalue weighted by Crippen LogP contribution is -1.96. The standard InChI is InChI=1S/C16H12F2O3/c1-21-16-9-10(5-7-15(16)20)14(19)8-6-11-12(17)3-2-4-13(11)18/h2-9,20H,1H3/b8-6+. The van der Waals surface area contributed by atoms with E-state index in [4.69, 9.17) is 4.74 Å². The number of methoxy groups -OCH3 is 1. The van der Waals surface area contributed by atoms with Crippen molar-refractivity contribution in [3.05, 3.63) is 65.2 Å². The summed E-state index contributed by atoms with van der Waals surface area (Å²) >= 11 is 0. The summed E-state index contributed by atoms with van der Waals surface area (Å²) in [5.74, 6) is -1.91. The van der Waals surface area contributed by atoms with Gasteiger partial charge in [-0.3, -0.25) is 4.79 Å². The number of phenols is 1. The molecule has 0 aliphatic rings. The summed E-state index contributed by atoms with van der Waals surface area (Å²) in [5, 5.41) is 9.44. The Kier molecular flexibility index (Phi) is 4.33. The third-order valence-corrected chi connectivity index (χ3v) is 2.87. The van der Waals surface area contributed by atoms with Crippen molar-refractivity contribution in [3.8, 4) is 11.5 Å². The molecule has 2 aromatic carbocycles. The average molecular weight is 290 g/mol. The first-order valence-electron chi connectivity index (χ1n) is 6.06. The minimum atomic E-state index is -0.748. The molecule has 0 spiro atoms. The number of ketones is 1. The van der Waals surface area contributed by atoms with Crippen LogP contribution >= 0.6 is 0 Å². The first kappa shape index (κ1) is 14.7. The van der Waals surface area contributed by atoms with Gasteiger partial charge >= 0.3 is 0 Å². The summed E-state index contributed by atoms with van der Waals surface area (Å²) in [6.07, 6.45) is 2.14. The second-order valence-corrected chi connectivity index (χ2v) is 4.22. The zero-order valence-corrected chi connectivity index (χ0v) is 11.1. The molecule has 0 atom stereocenters. The Morgan fingerprint density at radius 1 is 1.19 bits per heavy atom. The summed E-state index contributed by atoms with van der Waals surface area (Å²) in [6.45, 7) is 0. The van der Waals surface area contributed by atoms with E-state index in [2.05, 4.69) is 0 Å². The minimum Gasteiger partial charge on any atom is -0.504 e. The average Bonchev–Trinajstić information content (AvgIpc) is 2.47. The molecule has 0 amide bonds. The number of aromatic hydroxyl groups is 1. The second-order valence-electron chi connectivity index (χ2n) is 4.22. The summed E-state index contributed by atoms with van der Waals surface area (Å²) in [6, 6.07) is 7.51. The van der Waals surface area contributed by atoms with Crippen LogP contribution in [-0.4, -0.2) is 18.0 Å². The van der Waals surface area contributed by atoms with E-state index in [9.17, 15) is 18.7 Å². The SMILES string of the molecule is COc1cc(C(=O)/C=C/c2c(F)cccc2F)ccc1O. The van der Waals surface area contributed by atoms with Gasteiger partial charge in [-0.15, -0.1) is 0 Å². The van der Waals surface area contributed by atoms with E-state index >= 15 is 0 Å². The van der Waals surface area contributed by atoms with Crippen LogP contribution in [0.4, 0.5) is 8.78 Å². The number of hydrogen-bond donors (Lipinski definition) is 1. The van der Waals surface area contributed by atoms with E-state index in [1.807, 2.05) is 0 Å². The lowest BCUT2D eigenvalue weighted by Gasteiger charge is -2.04. The Bertz CT molecular complexity index is 688. The fourth-order valence-electron chi connectivity index (χ4n) is 1.76. The van der Waals surface area contributed by atoms with Crippen molar-refractivity contribution in [2.45, 2.75) is 0 Å². The van der Waals surface area contributed by atoms with Gasteiger partial charge < -0.3 is 9.84 Å². The first-order valence-corrected chi connectivity index (χ1v) is 6.06. The van der Waals surface area contributed by atoms with Crippen molar-refractivity contribution in [2.75, 3.05) is 7.11 Å². The lowest BCUT2D eigenvalue weighted by molar-refractivity contribution is 0.104. The van der Waals surface area contributed by atoms with Crippen LogP contribution in [0.25, 0.3) is 6.08 Å². The summed E-state index contributed by atoms with van der Waals surface area (Å²) < 4.78 is 31.7. The van der Waals surface area contributed by atoms with Crippen LogP contribution < -0.4 is 4.74 Å². The zero-order chi connectivity index (χ0) is 15.4. The van der Waals surface area contributed by atoms with Crippen molar-refractivity contribution in [1.29, 1.82) is 0 Å². The van der Waals surface area contributed by atoms with Crippen LogP contribution in [0, 0.1) is 11.6 Å². The molecular formula is C16H12F2O3. The fraction of sp³-hybridized carbons (Fsp3) is 0.0625. The minimum absolute atomic E-state index is 0.0989. The normalized spacial score (nSPS) is 10.8. The van der Waals surface area contributed by atoms with Gasteiger partial charge in [0.15, 0.2) is 17.3 Å². The summed E-state index contributed by atoms with van der Waals surface area (Å²) in [7, 11) is 1.36. The number of hydrogen-bond acceptors (Lipinski definition) is 3. The number of halogens is 2.